The first kappa shape index (κ1) is 15.5. The van der Waals surface area contributed by atoms with E-state index in [9.17, 15) is 4.79 Å². The molecule has 0 spiro atoms. The van der Waals surface area contributed by atoms with E-state index in [1.54, 1.807) is 46.6 Å². The second kappa shape index (κ2) is 7.21. The molecule has 0 radical (unpaired) electrons. The van der Waals surface area contributed by atoms with Gasteiger partial charge in [-0.3, -0.25) is 4.79 Å². The SMILES string of the molecule is C=CCN(Cc1ccc(Br)s1)C(=O)c1cccc(C#N)c1. The number of thiophene rings is 1. The van der Waals surface area contributed by atoms with Gasteiger partial charge < -0.3 is 4.90 Å². The molecule has 0 atom stereocenters. The van der Waals surface area contributed by atoms with E-state index < -0.39 is 0 Å². The zero-order valence-corrected chi connectivity index (χ0v) is 13.7. The van der Waals surface area contributed by atoms with Crippen LogP contribution >= 0.6 is 27.3 Å². The van der Waals surface area contributed by atoms with Crippen LogP contribution in [0.1, 0.15) is 20.8 Å². The van der Waals surface area contributed by atoms with Crippen molar-refractivity contribution < 1.29 is 4.79 Å². The van der Waals surface area contributed by atoms with Crippen molar-refractivity contribution in [2.45, 2.75) is 6.54 Å². The molecule has 1 amide bonds. The number of amides is 1. The van der Waals surface area contributed by atoms with Crippen LogP contribution in [-0.2, 0) is 6.54 Å². The summed E-state index contributed by atoms with van der Waals surface area (Å²) in [5.41, 5.74) is 1.00. The third-order valence-corrected chi connectivity index (χ3v) is 4.46. The third-order valence-electron chi connectivity index (χ3n) is 2.85. The Morgan fingerprint density at radius 3 is 2.86 bits per heavy atom. The molecule has 2 aromatic rings. The maximum absolute atomic E-state index is 12.6. The van der Waals surface area contributed by atoms with Crippen LogP contribution in [0.4, 0.5) is 0 Å². The monoisotopic (exact) mass is 360 g/mol. The van der Waals surface area contributed by atoms with Crippen molar-refractivity contribution in [3.63, 3.8) is 0 Å². The lowest BCUT2D eigenvalue weighted by Crippen LogP contribution is -2.30. The summed E-state index contributed by atoms with van der Waals surface area (Å²) in [4.78, 5) is 15.4. The summed E-state index contributed by atoms with van der Waals surface area (Å²) in [7, 11) is 0. The third kappa shape index (κ3) is 4.03. The molecule has 0 bridgehead atoms. The number of carbonyl (C=O) groups is 1. The van der Waals surface area contributed by atoms with Gasteiger partial charge in [0.2, 0.25) is 0 Å². The summed E-state index contributed by atoms with van der Waals surface area (Å²) < 4.78 is 1.04. The molecule has 1 aromatic heterocycles. The molecule has 0 saturated carbocycles. The lowest BCUT2D eigenvalue weighted by atomic mass is 10.1. The van der Waals surface area contributed by atoms with Gasteiger partial charge in [0, 0.05) is 17.0 Å². The average molecular weight is 361 g/mol. The number of hydrogen-bond donors (Lipinski definition) is 0. The molecule has 0 fully saturated rings. The lowest BCUT2D eigenvalue weighted by molar-refractivity contribution is 0.0764. The predicted molar refractivity (Wildman–Crippen MR) is 88.1 cm³/mol. The van der Waals surface area contributed by atoms with Crippen molar-refractivity contribution in [1.82, 2.24) is 4.90 Å². The normalized spacial score (nSPS) is 9.90. The van der Waals surface area contributed by atoms with Crippen LogP contribution in [0.2, 0.25) is 0 Å². The van der Waals surface area contributed by atoms with Crippen molar-refractivity contribution in [1.29, 1.82) is 5.26 Å². The fraction of sp³-hybridized carbons (Fsp3) is 0.125. The average Bonchev–Trinajstić information content (AvgIpc) is 2.91. The Balaban J connectivity index is 2.22. The highest BCUT2D eigenvalue weighted by atomic mass is 79.9. The van der Waals surface area contributed by atoms with Crippen LogP contribution in [-0.4, -0.2) is 17.4 Å². The molecule has 3 nitrogen and oxygen atoms in total. The fourth-order valence-electron chi connectivity index (χ4n) is 1.90. The van der Waals surface area contributed by atoms with E-state index in [0.29, 0.717) is 24.2 Å². The number of nitriles is 1. The van der Waals surface area contributed by atoms with E-state index in [1.165, 1.54) is 0 Å². The summed E-state index contributed by atoms with van der Waals surface area (Å²) in [6, 6.07) is 12.8. The fourth-order valence-corrected chi connectivity index (χ4v) is 3.40. The second-order valence-corrected chi connectivity index (χ2v) is 6.92. The molecule has 0 unspecified atom stereocenters. The highest BCUT2D eigenvalue weighted by Gasteiger charge is 2.16. The minimum Gasteiger partial charge on any atom is -0.330 e. The molecule has 0 aliphatic carbocycles. The first-order valence-corrected chi connectivity index (χ1v) is 7.89. The van der Waals surface area contributed by atoms with Gasteiger partial charge in [-0.15, -0.1) is 17.9 Å². The van der Waals surface area contributed by atoms with Gasteiger partial charge in [0.15, 0.2) is 0 Å². The first-order valence-electron chi connectivity index (χ1n) is 6.28. The van der Waals surface area contributed by atoms with Crippen LogP contribution in [0.5, 0.6) is 0 Å². The minimum absolute atomic E-state index is 0.100. The second-order valence-electron chi connectivity index (χ2n) is 4.37. The van der Waals surface area contributed by atoms with Gasteiger partial charge in [0.1, 0.15) is 0 Å². The Labute approximate surface area is 136 Å². The number of rotatable bonds is 5. The Hall–Kier alpha value is -1.90. The van der Waals surface area contributed by atoms with Gasteiger partial charge in [-0.2, -0.15) is 5.26 Å². The van der Waals surface area contributed by atoms with Crippen molar-refractivity contribution in [3.8, 4) is 6.07 Å². The summed E-state index contributed by atoms with van der Waals surface area (Å²) in [5, 5.41) is 8.93. The van der Waals surface area contributed by atoms with Gasteiger partial charge in [0.05, 0.1) is 22.0 Å². The van der Waals surface area contributed by atoms with Crippen LogP contribution in [0.15, 0.2) is 52.8 Å². The molecule has 0 aliphatic heterocycles. The highest BCUT2D eigenvalue weighted by molar-refractivity contribution is 9.11. The van der Waals surface area contributed by atoms with Crippen LogP contribution in [0, 0.1) is 11.3 Å². The summed E-state index contributed by atoms with van der Waals surface area (Å²) >= 11 is 5.02. The van der Waals surface area contributed by atoms with Gasteiger partial charge in [-0.1, -0.05) is 12.1 Å². The van der Waals surface area contributed by atoms with Gasteiger partial charge in [0.25, 0.3) is 5.91 Å². The summed E-state index contributed by atoms with van der Waals surface area (Å²) in [6.07, 6.45) is 1.70. The molecular formula is C16H13BrN2OS. The van der Waals surface area contributed by atoms with Crippen LogP contribution in [0.3, 0.4) is 0 Å². The summed E-state index contributed by atoms with van der Waals surface area (Å²) in [6.45, 7) is 4.69. The van der Waals surface area contributed by atoms with Crippen molar-refractivity contribution >= 4 is 33.2 Å². The van der Waals surface area contributed by atoms with Crippen LogP contribution < -0.4 is 0 Å². The van der Waals surface area contributed by atoms with Crippen molar-refractivity contribution in [2.24, 2.45) is 0 Å². The first-order chi connectivity index (χ1) is 10.1. The van der Waals surface area contributed by atoms with E-state index in [4.69, 9.17) is 5.26 Å². The Morgan fingerprint density at radius 1 is 1.43 bits per heavy atom. The number of benzene rings is 1. The standard InChI is InChI=1S/C16H13BrN2OS/c1-2-8-19(11-14-6-7-15(17)21-14)16(20)13-5-3-4-12(9-13)10-18/h2-7,9H,1,8,11H2. The Kier molecular flexibility index (Phi) is 5.32. The molecule has 1 heterocycles. The van der Waals surface area contributed by atoms with Crippen molar-refractivity contribution in [2.75, 3.05) is 6.54 Å². The lowest BCUT2D eigenvalue weighted by Gasteiger charge is -2.20. The Morgan fingerprint density at radius 2 is 2.24 bits per heavy atom. The molecule has 0 N–H and O–H groups in total. The predicted octanol–water partition coefficient (Wildman–Crippen LogP) is 4.21. The zero-order chi connectivity index (χ0) is 15.2. The molecule has 21 heavy (non-hydrogen) atoms. The number of hydrogen-bond acceptors (Lipinski definition) is 3. The van der Waals surface area contributed by atoms with Crippen molar-refractivity contribution in [3.05, 3.63) is 68.8 Å². The van der Waals surface area contributed by atoms with E-state index in [1.807, 2.05) is 12.1 Å². The molecule has 106 valence electrons. The summed E-state index contributed by atoms with van der Waals surface area (Å²) in [5.74, 6) is -0.100. The topological polar surface area (TPSA) is 44.1 Å². The molecule has 1 aromatic carbocycles. The number of carbonyl (C=O) groups excluding carboxylic acids is 1. The minimum atomic E-state index is -0.100. The molecule has 0 aliphatic rings. The maximum Gasteiger partial charge on any atom is 0.254 e. The van der Waals surface area contributed by atoms with Crippen LogP contribution in [0.25, 0.3) is 0 Å². The number of nitrogens with zero attached hydrogens (tertiary/aromatic N) is 2. The van der Waals surface area contributed by atoms with E-state index in [0.717, 1.165) is 8.66 Å². The molecular weight excluding hydrogens is 348 g/mol. The quantitative estimate of drug-likeness (QED) is 0.749. The van der Waals surface area contributed by atoms with Gasteiger partial charge in [-0.05, 0) is 46.3 Å². The zero-order valence-electron chi connectivity index (χ0n) is 11.3. The number of halogens is 1. The van der Waals surface area contributed by atoms with E-state index in [-0.39, 0.29) is 5.91 Å². The molecule has 5 heteroatoms. The smallest absolute Gasteiger partial charge is 0.254 e. The molecule has 0 saturated heterocycles. The highest BCUT2D eigenvalue weighted by Crippen LogP contribution is 2.24. The van der Waals surface area contributed by atoms with Gasteiger partial charge in [-0.25, -0.2) is 0 Å². The van der Waals surface area contributed by atoms with Gasteiger partial charge >= 0.3 is 0 Å². The maximum atomic E-state index is 12.6. The molecule has 2 rings (SSSR count). The van der Waals surface area contributed by atoms with E-state index in [2.05, 4.69) is 28.6 Å². The largest absolute Gasteiger partial charge is 0.330 e. The Bertz CT molecular complexity index is 702. The van der Waals surface area contributed by atoms with E-state index >= 15 is 0 Å².